The van der Waals surface area contributed by atoms with Gasteiger partial charge in [-0.05, 0) is 43.4 Å². The number of pyridine rings is 1. The van der Waals surface area contributed by atoms with Gasteiger partial charge in [0.2, 0.25) is 5.91 Å². The Morgan fingerprint density at radius 1 is 1.17 bits per heavy atom. The van der Waals surface area contributed by atoms with Crippen LogP contribution in [0.5, 0.6) is 0 Å². The first-order valence-corrected chi connectivity index (χ1v) is 11.5. The number of carbonyl (C=O) groups excluding carboxylic acids is 2. The van der Waals surface area contributed by atoms with Gasteiger partial charge in [-0.1, -0.05) is 11.6 Å². The van der Waals surface area contributed by atoms with Crippen molar-refractivity contribution in [3.63, 3.8) is 0 Å². The molecule has 0 spiro atoms. The first kappa shape index (κ1) is 21.1. The van der Waals surface area contributed by atoms with Crippen molar-refractivity contribution in [2.45, 2.75) is 32.1 Å². The molecule has 4 rings (SSSR count). The number of piperazine rings is 1. The Balaban J connectivity index is 1.28. The van der Waals surface area contributed by atoms with E-state index in [9.17, 15) is 9.59 Å². The number of nitrogens with one attached hydrogen (secondary N) is 1. The highest BCUT2D eigenvalue weighted by atomic mass is 35.5. The number of anilines is 2. The van der Waals surface area contributed by atoms with Crippen molar-refractivity contribution in [1.29, 1.82) is 0 Å². The number of primary amides is 1. The van der Waals surface area contributed by atoms with Crippen LogP contribution in [-0.2, 0) is 17.6 Å². The van der Waals surface area contributed by atoms with Crippen LogP contribution in [0.2, 0.25) is 5.02 Å². The van der Waals surface area contributed by atoms with E-state index in [2.05, 4.69) is 20.1 Å². The Bertz CT molecular complexity index is 922. The summed E-state index contributed by atoms with van der Waals surface area (Å²) in [6.45, 7) is 4.15. The highest BCUT2D eigenvalue weighted by Crippen LogP contribution is 2.37. The molecule has 3 N–H and O–H groups in total. The number of thiophene rings is 1. The van der Waals surface area contributed by atoms with Crippen LogP contribution in [0.4, 0.5) is 10.8 Å². The second-order valence-electron chi connectivity index (χ2n) is 7.74. The Labute approximate surface area is 185 Å². The fourth-order valence-electron chi connectivity index (χ4n) is 4.12. The van der Waals surface area contributed by atoms with E-state index in [0.29, 0.717) is 28.6 Å². The summed E-state index contributed by atoms with van der Waals surface area (Å²) in [5.74, 6) is 0.409. The lowest BCUT2D eigenvalue weighted by atomic mass is 9.95. The lowest BCUT2D eigenvalue weighted by Gasteiger charge is -2.35. The molecule has 0 radical (unpaired) electrons. The first-order valence-electron chi connectivity index (χ1n) is 10.3. The van der Waals surface area contributed by atoms with E-state index in [1.807, 2.05) is 12.1 Å². The Morgan fingerprint density at radius 2 is 1.93 bits per heavy atom. The molecule has 1 fully saturated rings. The standard InChI is InChI=1S/C21H26ClN5O2S/c22-14-5-6-17(24-13-14)27-11-9-26(10-12-27)8-7-18(28)25-21-19(20(23)29)15-3-1-2-4-16(15)30-21/h5-6,13H,1-4,7-12H2,(H2,23,29)(H,25,28). The zero-order chi connectivity index (χ0) is 21.1. The number of nitrogens with zero attached hydrogens (tertiary/aromatic N) is 3. The second-order valence-corrected chi connectivity index (χ2v) is 9.28. The maximum atomic E-state index is 12.5. The van der Waals surface area contributed by atoms with Crippen LogP contribution in [0.3, 0.4) is 0 Å². The van der Waals surface area contributed by atoms with E-state index in [1.165, 1.54) is 16.2 Å². The van der Waals surface area contributed by atoms with Gasteiger partial charge in [-0.15, -0.1) is 11.3 Å². The highest BCUT2D eigenvalue weighted by Gasteiger charge is 2.25. The summed E-state index contributed by atoms with van der Waals surface area (Å²) < 4.78 is 0. The van der Waals surface area contributed by atoms with Crippen molar-refractivity contribution in [1.82, 2.24) is 9.88 Å². The van der Waals surface area contributed by atoms with Crippen LogP contribution in [0, 0.1) is 0 Å². The quantitative estimate of drug-likeness (QED) is 0.710. The van der Waals surface area contributed by atoms with Crippen molar-refractivity contribution >= 4 is 45.6 Å². The maximum absolute atomic E-state index is 12.5. The Hall–Kier alpha value is -2.16. The van der Waals surface area contributed by atoms with Gasteiger partial charge in [-0.25, -0.2) is 4.98 Å². The number of halogens is 1. The van der Waals surface area contributed by atoms with Gasteiger partial charge >= 0.3 is 0 Å². The molecule has 0 saturated carbocycles. The van der Waals surface area contributed by atoms with Gasteiger partial charge in [0, 0.05) is 50.2 Å². The lowest BCUT2D eigenvalue weighted by molar-refractivity contribution is -0.116. The van der Waals surface area contributed by atoms with Gasteiger partial charge in [0.1, 0.15) is 10.8 Å². The Kier molecular flexibility index (Phi) is 6.55. The van der Waals surface area contributed by atoms with Crippen LogP contribution in [0.1, 0.15) is 40.1 Å². The number of amides is 2. The minimum atomic E-state index is -0.448. The number of carbonyl (C=O) groups is 2. The number of aryl methyl sites for hydroxylation is 1. The topological polar surface area (TPSA) is 91.6 Å². The van der Waals surface area contributed by atoms with Gasteiger partial charge < -0.3 is 16.0 Å². The number of hydrogen-bond acceptors (Lipinski definition) is 6. The minimum Gasteiger partial charge on any atom is -0.365 e. The molecule has 1 aliphatic heterocycles. The number of fused-ring (bicyclic) bond motifs is 1. The van der Waals surface area contributed by atoms with E-state index in [4.69, 9.17) is 17.3 Å². The number of nitrogens with two attached hydrogens (primary N) is 1. The summed E-state index contributed by atoms with van der Waals surface area (Å²) in [6.07, 6.45) is 6.07. The van der Waals surface area contributed by atoms with Gasteiger partial charge in [0.05, 0.1) is 10.6 Å². The fourth-order valence-corrected chi connectivity index (χ4v) is 5.54. The van der Waals surface area contributed by atoms with Gasteiger partial charge in [-0.3, -0.25) is 14.5 Å². The summed E-state index contributed by atoms with van der Waals surface area (Å²) in [4.78, 5) is 34.6. The molecule has 1 saturated heterocycles. The normalized spacial score (nSPS) is 16.9. The van der Waals surface area contributed by atoms with Crippen LogP contribution < -0.4 is 16.0 Å². The van der Waals surface area contributed by atoms with Crippen molar-refractivity contribution in [2.75, 3.05) is 42.9 Å². The Morgan fingerprint density at radius 3 is 2.63 bits per heavy atom. The molecule has 2 aromatic rings. The molecule has 0 unspecified atom stereocenters. The zero-order valence-corrected chi connectivity index (χ0v) is 18.4. The molecule has 1 aliphatic carbocycles. The summed E-state index contributed by atoms with van der Waals surface area (Å²) in [6, 6.07) is 3.78. The summed E-state index contributed by atoms with van der Waals surface area (Å²) in [7, 11) is 0. The predicted molar refractivity (Wildman–Crippen MR) is 121 cm³/mol. The second kappa shape index (κ2) is 9.32. The third-order valence-corrected chi connectivity index (χ3v) is 7.16. The summed E-state index contributed by atoms with van der Waals surface area (Å²) >= 11 is 7.42. The summed E-state index contributed by atoms with van der Waals surface area (Å²) in [5, 5.41) is 4.20. The lowest BCUT2D eigenvalue weighted by Crippen LogP contribution is -2.47. The van der Waals surface area contributed by atoms with Gasteiger partial charge in [0.25, 0.3) is 5.91 Å². The predicted octanol–water partition coefficient (Wildman–Crippen LogP) is 2.93. The minimum absolute atomic E-state index is 0.0714. The van der Waals surface area contributed by atoms with Gasteiger partial charge in [-0.2, -0.15) is 0 Å². The van der Waals surface area contributed by atoms with Crippen molar-refractivity contribution in [3.8, 4) is 0 Å². The van der Waals surface area contributed by atoms with E-state index in [0.717, 1.165) is 63.2 Å². The molecule has 0 atom stereocenters. The van der Waals surface area contributed by atoms with Crippen molar-refractivity contribution in [3.05, 3.63) is 39.4 Å². The first-order chi connectivity index (χ1) is 14.5. The zero-order valence-electron chi connectivity index (χ0n) is 16.8. The summed E-state index contributed by atoms with van der Waals surface area (Å²) in [5.41, 5.74) is 7.17. The van der Waals surface area contributed by atoms with E-state index in [-0.39, 0.29) is 5.91 Å². The molecule has 2 aliphatic rings. The molecule has 7 nitrogen and oxygen atoms in total. The molecule has 0 aromatic carbocycles. The molecular formula is C21H26ClN5O2S. The molecular weight excluding hydrogens is 422 g/mol. The van der Waals surface area contributed by atoms with Crippen molar-refractivity contribution < 1.29 is 9.59 Å². The number of hydrogen-bond donors (Lipinski definition) is 2. The fraction of sp³-hybridized carbons (Fsp3) is 0.476. The third kappa shape index (κ3) is 4.77. The molecule has 30 heavy (non-hydrogen) atoms. The monoisotopic (exact) mass is 447 g/mol. The van der Waals surface area contributed by atoms with Crippen LogP contribution in [0.25, 0.3) is 0 Å². The smallest absolute Gasteiger partial charge is 0.251 e. The van der Waals surface area contributed by atoms with E-state index >= 15 is 0 Å². The SMILES string of the molecule is NC(=O)c1c(NC(=O)CCN2CCN(c3ccc(Cl)cn3)CC2)sc2c1CCCC2. The van der Waals surface area contributed by atoms with E-state index < -0.39 is 5.91 Å². The molecule has 2 aromatic heterocycles. The molecule has 160 valence electrons. The maximum Gasteiger partial charge on any atom is 0.251 e. The van der Waals surface area contributed by atoms with Crippen LogP contribution in [0.15, 0.2) is 18.3 Å². The largest absolute Gasteiger partial charge is 0.365 e. The van der Waals surface area contributed by atoms with E-state index in [1.54, 1.807) is 6.20 Å². The van der Waals surface area contributed by atoms with Gasteiger partial charge in [0.15, 0.2) is 0 Å². The van der Waals surface area contributed by atoms with Crippen LogP contribution in [-0.4, -0.2) is 54.4 Å². The van der Waals surface area contributed by atoms with Crippen molar-refractivity contribution in [2.24, 2.45) is 5.73 Å². The number of rotatable bonds is 6. The molecule has 9 heteroatoms. The molecule has 0 bridgehead atoms. The molecule has 2 amide bonds. The highest BCUT2D eigenvalue weighted by molar-refractivity contribution is 7.17. The average molecular weight is 448 g/mol. The van der Waals surface area contributed by atoms with Crippen LogP contribution >= 0.6 is 22.9 Å². The average Bonchev–Trinajstić information content (AvgIpc) is 3.11. The molecule has 3 heterocycles. The number of aromatic nitrogens is 1. The third-order valence-electron chi connectivity index (χ3n) is 5.73.